The molecule has 0 saturated carbocycles. The molecule has 6 nitrogen and oxygen atoms in total. The maximum absolute atomic E-state index is 13.6. The molecule has 1 atom stereocenters. The highest BCUT2D eigenvalue weighted by atomic mass is 19.1. The molecular weight excluding hydrogens is 349 g/mol. The molecule has 2 amide bonds. The van der Waals surface area contributed by atoms with E-state index < -0.39 is 23.7 Å². The highest BCUT2D eigenvalue weighted by Gasteiger charge is 2.18. The second-order valence-electron chi connectivity index (χ2n) is 5.96. The summed E-state index contributed by atoms with van der Waals surface area (Å²) in [4.78, 5) is 29.0. The molecular formula is C20H18FN3O3. The molecule has 1 heterocycles. The maximum atomic E-state index is 13.6. The summed E-state index contributed by atoms with van der Waals surface area (Å²) in [6, 6.07) is 14.6. The maximum Gasteiger partial charge on any atom is 0.279 e. The topological polar surface area (TPSA) is 80.3 Å². The minimum absolute atomic E-state index is 0.0396. The van der Waals surface area contributed by atoms with Gasteiger partial charge in [-0.15, -0.1) is 0 Å². The van der Waals surface area contributed by atoms with Crippen LogP contribution in [0.1, 0.15) is 23.0 Å². The third kappa shape index (κ3) is 4.20. The van der Waals surface area contributed by atoms with Crippen molar-refractivity contribution in [3.05, 3.63) is 71.7 Å². The highest BCUT2D eigenvalue weighted by molar-refractivity contribution is 6.06. The van der Waals surface area contributed by atoms with E-state index in [1.54, 1.807) is 31.2 Å². The van der Waals surface area contributed by atoms with E-state index in [4.69, 9.17) is 4.74 Å². The van der Waals surface area contributed by atoms with Crippen molar-refractivity contribution in [1.29, 1.82) is 0 Å². The molecule has 3 rings (SSSR count). The number of rotatable bonds is 4. The largest absolute Gasteiger partial charge is 0.478 e. The van der Waals surface area contributed by atoms with E-state index >= 15 is 0 Å². The molecule has 0 aliphatic carbocycles. The summed E-state index contributed by atoms with van der Waals surface area (Å²) in [5.41, 5.74) is 6.41. The summed E-state index contributed by atoms with van der Waals surface area (Å²) >= 11 is 0. The molecule has 0 saturated heterocycles. The van der Waals surface area contributed by atoms with Gasteiger partial charge in [-0.3, -0.25) is 25.4 Å². The third-order valence-corrected chi connectivity index (χ3v) is 3.90. The molecule has 27 heavy (non-hydrogen) atoms. The molecule has 0 fully saturated rings. The van der Waals surface area contributed by atoms with Gasteiger partial charge in [-0.1, -0.05) is 30.3 Å². The van der Waals surface area contributed by atoms with E-state index in [1.165, 1.54) is 25.1 Å². The first-order valence-electron chi connectivity index (χ1n) is 8.33. The Morgan fingerprint density at radius 2 is 1.78 bits per heavy atom. The van der Waals surface area contributed by atoms with Crippen molar-refractivity contribution in [2.24, 2.45) is 0 Å². The number of nitrogens with zero attached hydrogens (tertiary/aromatic N) is 1. The highest BCUT2D eigenvalue weighted by Crippen LogP contribution is 2.18. The van der Waals surface area contributed by atoms with E-state index in [-0.39, 0.29) is 5.75 Å². The quantitative estimate of drug-likeness (QED) is 0.695. The molecule has 2 N–H and O–H groups in total. The molecule has 0 aliphatic heterocycles. The van der Waals surface area contributed by atoms with Crippen molar-refractivity contribution < 1.29 is 18.7 Å². The second-order valence-corrected chi connectivity index (χ2v) is 5.96. The summed E-state index contributed by atoms with van der Waals surface area (Å²) in [6.45, 7) is 3.24. The van der Waals surface area contributed by atoms with Crippen molar-refractivity contribution in [1.82, 2.24) is 15.8 Å². The first-order valence-corrected chi connectivity index (χ1v) is 8.33. The van der Waals surface area contributed by atoms with Gasteiger partial charge in [0.25, 0.3) is 11.8 Å². The molecule has 0 bridgehead atoms. The van der Waals surface area contributed by atoms with Gasteiger partial charge in [0.2, 0.25) is 0 Å². The van der Waals surface area contributed by atoms with Gasteiger partial charge in [0.1, 0.15) is 0 Å². The summed E-state index contributed by atoms with van der Waals surface area (Å²) < 4.78 is 18.9. The molecule has 0 radical (unpaired) electrons. The molecule has 138 valence electrons. The number of fused-ring (bicyclic) bond motifs is 1. The lowest BCUT2D eigenvalue weighted by molar-refractivity contribution is -0.128. The SMILES string of the molecule is Cc1cc(C(=O)NNC(=O)[C@H](C)Oc2ccccc2F)c2ccccc2n1. The minimum atomic E-state index is -1.00. The molecule has 3 aromatic rings. The standard InChI is InChI=1S/C20H18FN3O3/c1-12-11-15(14-7-3-5-9-17(14)22-12)20(26)24-23-19(25)13(2)27-18-10-6-4-8-16(18)21/h3-11,13H,1-2H3,(H,23,25)(H,24,26)/t13-/m0/s1. The van der Waals surface area contributed by atoms with Crippen LogP contribution in [-0.4, -0.2) is 22.9 Å². The number of amides is 2. The molecule has 1 aromatic heterocycles. The molecule has 0 unspecified atom stereocenters. The fourth-order valence-electron chi connectivity index (χ4n) is 2.57. The number of para-hydroxylation sites is 2. The number of benzene rings is 2. The van der Waals surface area contributed by atoms with E-state index in [2.05, 4.69) is 15.8 Å². The summed E-state index contributed by atoms with van der Waals surface area (Å²) in [7, 11) is 0. The van der Waals surface area contributed by atoms with Gasteiger partial charge in [0.05, 0.1) is 11.1 Å². The Balaban J connectivity index is 1.67. The average Bonchev–Trinajstić information content (AvgIpc) is 2.66. The number of aromatic nitrogens is 1. The fourth-order valence-corrected chi connectivity index (χ4v) is 2.57. The van der Waals surface area contributed by atoms with Gasteiger partial charge >= 0.3 is 0 Å². The zero-order valence-corrected chi connectivity index (χ0v) is 14.8. The van der Waals surface area contributed by atoms with Crippen molar-refractivity contribution in [3.63, 3.8) is 0 Å². The van der Waals surface area contributed by atoms with Gasteiger partial charge in [0.15, 0.2) is 17.7 Å². The average molecular weight is 367 g/mol. The Hall–Kier alpha value is -3.48. The van der Waals surface area contributed by atoms with Crippen LogP contribution >= 0.6 is 0 Å². The number of ether oxygens (including phenoxy) is 1. The Kier molecular flexibility index (Phi) is 5.30. The van der Waals surface area contributed by atoms with Crippen LogP contribution in [0, 0.1) is 12.7 Å². The van der Waals surface area contributed by atoms with E-state index in [0.29, 0.717) is 22.2 Å². The lowest BCUT2D eigenvalue weighted by atomic mass is 10.1. The van der Waals surface area contributed by atoms with Crippen LogP contribution in [0.25, 0.3) is 10.9 Å². The second kappa shape index (κ2) is 7.82. The first-order chi connectivity index (χ1) is 13.0. The molecule has 7 heteroatoms. The number of aryl methyl sites for hydroxylation is 1. The lowest BCUT2D eigenvalue weighted by Gasteiger charge is -2.16. The van der Waals surface area contributed by atoms with E-state index in [9.17, 15) is 14.0 Å². The minimum Gasteiger partial charge on any atom is -0.478 e. The van der Waals surface area contributed by atoms with Crippen LogP contribution in [0.5, 0.6) is 5.75 Å². The number of hydrogen-bond donors (Lipinski definition) is 2. The van der Waals surface area contributed by atoms with E-state index in [1.807, 2.05) is 12.1 Å². The van der Waals surface area contributed by atoms with Crippen LogP contribution in [0.15, 0.2) is 54.6 Å². The molecule has 0 spiro atoms. The lowest BCUT2D eigenvalue weighted by Crippen LogP contribution is -2.47. The van der Waals surface area contributed by atoms with Gasteiger partial charge in [0, 0.05) is 11.1 Å². The number of carbonyl (C=O) groups excluding carboxylic acids is 2. The van der Waals surface area contributed by atoms with Gasteiger partial charge in [-0.2, -0.15) is 0 Å². The monoisotopic (exact) mass is 367 g/mol. The van der Waals surface area contributed by atoms with Crippen LogP contribution in [-0.2, 0) is 4.79 Å². The smallest absolute Gasteiger partial charge is 0.279 e. The Bertz CT molecular complexity index is 1010. The van der Waals surface area contributed by atoms with Crippen molar-refractivity contribution in [2.75, 3.05) is 0 Å². The van der Waals surface area contributed by atoms with Crippen molar-refractivity contribution in [2.45, 2.75) is 20.0 Å². The zero-order chi connectivity index (χ0) is 19.4. The van der Waals surface area contributed by atoms with Crippen molar-refractivity contribution >= 4 is 22.7 Å². The number of nitrogens with one attached hydrogen (secondary N) is 2. The number of carbonyl (C=O) groups is 2. The number of hydrazine groups is 1. The Morgan fingerprint density at radius 1 is 1.07 bits per heavy atom. The van der Waals surface area contributed by atoms with Crippen LogP contribution in [0.4, 0.5) is 4.39 Å². The number of hydrogen-bond acceptors (Lipinski definition) is 4. The Morgan fingerprint density at radius 3 is 2.56 bits per heavy atom. The van der Waals surface area contributed by atoms with E-state index in [0.717, 1.165) is 0 Å². The predicted molar refractivity (Wildman–Crippen MR) is 98.6 cm³/mol. The predicted octanol–water partition coefficient (Wildman–Crippen LogP) is 2.91. The fraction of sp³-hybridized carbons (Fsp3) is 0.150. The zero-order valence-electron chi connectivity index (χ0n) is 14.8. The normalized spacial score (nSPS) is 11.7. The summed E-state index contributed by atoms with van der Waals surface area (Å²) in [5, 5.41) is 0.672. The number of pyridine rings is 1. The van der Waals surface area contributed by atoms with Crippen LogP contribution < -0.4 is 15.6 Å². The first kappa shape index (κ1) is 18.3. The summed E-state index contributed by atoms with van der Waals surface area (Å²) in [6.07, 6.45) is -1.00. The van der Waals surface area contributed by atoms with Crippen molar-refractivity contribution in [3.8, 4) is 5.75 Å². The van der Waals surface area contributed by atoms with Gasteiger partial charge < -0.3 is 4.74 Å². The van der Waals surface area contributed by atoms with Crippen LogP contribution in [0.2, 0.25) is 0 Å². The van der Waals surface area contributed by atoms with Crippen LogP contribution in [0.3, 0.4) is 0 Å². The van der Waals surface area contributed by atoms with Gasteiger partial charge in [-0.25, -0.2) is 4.39 Å². The van der Waals surface area contributed by atoms with Gasteiger partial charge in [-0.05, 0) is 38.1 Å². The molecule has 2 aromatic carbocycles. The summed E-state index contributed by atoms with van der Waals surface area (Å²) in [5.74, 6) is -1.70. The molecule has 0 aliphatic rings. The number of halogens is 1. The third-order valence-electron chi connectivity index (χ3n) is 3.90. The Labute approximate surface area is 155 Å².